The van der Waals surface area contributed by atoms with E-state index in [0.717, 1.165) is 72.9 Å². The van der Waals surface area contributed by atoms with Gasteiger partial charge in [0.15, 0.2) is 0 Å². The van der Waals surface area contributed by atoms with Crippen LogP contribution in [0.25, 0.3) is 0 Å². The second-order valence-electron chi connectivity index (χ2n) is 8.95. The van der Waals surface area contributed by atoms with Crippen molar-refractivity contribution < 1.29 is 4.79 Å². The highest BCUT2D eigenvalue weighted by Gasteiger charge is 2.26. The average molecular weight is 502 g/mol. The number of amides is 1. The van der Waals surface area contributed by atoms with Crippen LogP contribution in [-0.2, 0) is 0 Å². The lowest BCUT2D eigenvalue weighted by Crippen LogP contribution is -2.47. The number of piperazine rings is 2. The van der Waals surface area contributed by atoms with Gasteiger partial charge in [-0.25, -0.2) is 4.98 Å². The summed E-state index contributed by atoms with van der Waals surface area (Å²) in [6.07, 6.45) is 0. The molecule has 1 aromatic heterocycles. The van der Waals surface area contributed by atoms with E-state index in [1.807, 2.05) is 29.2 Å². The molecule has 0 aliphatic carbocycles. The first-order valence-corrected chi connectivity index (χ1v) is 12.0. The summed E-state index contributed by atoms with van der Waals surface area (Å²) in [6.45, 7) is 9.95. The lowest BCUT2D eigenvalue weighted by atomic mass is 10.0. The third-order valence-corrected chi connectivity index (χ3v) is 6.97. The smallest absolute Gasteiger partial charge is 0.253 e. The number of halogens is 1. The van der Waals surface area contributed by atoms with Crippen molar-refractivity contribution in [2.45, 2.75) is 25.8 Å². The van der Waals surface area contributed by atoms with Gasteiger partial charge < -0.3 is 25.8 Å². The standard InChI is InChI=1S/C23H32BrN7O/c1-15(2)19-13-21(28-23(25)27-19)31-7-6-26-20(14-31)17-12-16(4-5-18(17)24)22(32)30-10-8-29(3)9-11-30/h4-5,12-13,15,20,26H,6-11,14H2,1-3H3,(H2,25,27,28). The van der Waals surface area contributed by atoms with Gasteiger partial charge in [0.1, 0.15) is 5.82 Å². The zero-order valence-corrected chi connectivity index (χ0v) is 20.6. The van der Waals surface area contributed by atoms with E-state index in [9.17, 15) is 4.79 Å². The molecular weight excluding hydrogens is 470 g/mol. The fourth-order valence-corrected chi connectivity index (χ4v) is 4.75. The Bertz CT molecular complexity index is 975. The number of anilines is 2. The second-order valence-corrected chi connectivity index (χ2v) is 9.80. The van der Waals surface area contributed by atoms with Crippen LogP contribution in [0.3, 0.4) is 0 Å². The van der Waals surface area contributed by atoms with E-state index in [1.165, 1.54) is 0 Å². The van der Waals surface area contributed by atoms with Crippen LogP contribution in [0.1, 0.15) is 47.4 Å². The molecule has 3 heterocycles. The molecule has 0 spiro atoms. The monoisotopic (exact) mass is 501 g/mol. The summed E-state index contributed by atoms with van der Waals surface area (Å²) in [5.74, 6) is 1.55. The summed E-state index contributed by atoms with van der Waals surface area (Å²) in [7, 11) is 2.09. The van der Waals surface area contributed by atoms with E-state index in [-0.39, 0.29) is 17.9 Å². The molecule has 1 unspecified atom stereocenters. The predicted octanol–water partition coefficient (Wildman–Crippen LogP) is 2.48. The predicted molar refractivity (Wildman–Crippen MR) is 131 cm³/mol. The van der Waals surface area contributed by atoms with Crippen molar-refractivity contribution >= 4 is 33.6 Å². The van der Waals surface area contributed by atoms with Crippen molar-refractivity contribution in [2.24, 2.45) is 0 Å². The molecule has 2 saturated heterocycles. The van der Waals surface area contributed by atoms with E-state index in [2.05, 4.69) is 61.9 Å². The zero-order valence-electron chi connectivity index (χ0n) is 19.0. The number of nitrogens with one attached hydrogen (secondary N) is 1. The van der Waals surface area contributed by atoms with Crippen LogP contribution < -0.4 is 16.0 Å². The number of nitrogens with two attached hydrogens (primary N) is 1. The Morgan fingerprint density at radius 2 is 1.91 bits per heavy atom. The molecule has 0 radical (unpaired) electrons. The zero-order chi connectivity index (χ0) is 22.8. The second kappa shape index (κ2) is 9.72. The van der Waals surface area contributed by atoms with Crippen LogP contribution in [0, 0.1) is 0 Å². The highest BCUT2D eigenvalue weighted by Crippen LogP contribution is 2.29. The van der Waals surface area contributed by atoms with Crippen molar-refractivity contribution in [3.63, 3.8) is 0 Å². The van der Waals surface area contributed by atoms with Gasteiger partial charge in [-0.15, -0.1) is 0 Å². The number of rotatable bonds is 4. The molecule has 172 valence electrons. The van der Waals surface area contributed by atoms with E-state index in [0.29, 0.717) is 5.95 Å². The number of likely N-dealkylation sites (N-methyl/N-ethyl adjacent to an activating group) is 1. The molecule has 2 aliphatic rings. The Hall–Kier alpha value is -2.23. The minimum absolute atomic E-state index is 0.0667. The van der Waals surface area contributed by atoms with Gasteiger partial charge in [0.25, 0.3) is 5.91 Å². The fraction of sp³-hybridized carbons (Fsp3) is 0.522. The van der Waals surface area contributed by atoms with Crippen LogP contribution in [0.2, 0.25) is 0 Å². The van der Waals surface area contributed by atoms with Gasteiger partial charge in [0.05, 0.1) is 11.7 Å². The number of carbonyl (C=O) groups excluding carboxylic acids is 1. The van der Waals surface area contributed by atoms with Gasteiger partial charge in [0.2, 0.25) is 5.95 Å². The number of hydrogen-bond acceptors (Lipinski definition) is 7. The molecule has 32 heavy (non-hydrogen) atoms. The maximum Gasteiger partial charge on any atom is 0.253 e. The first kappa shape index (κ1) is 22.9. The molecular formula is C23H32BrN7O. The van der Waals surface area contributed by atoms with Crippen molar-refractivity contribution in [1.82, 2.24) is 25.1 Å². The Balaban J connectivity index is 1.55. The third kappa shape index (κ3) is 5.05. The average Bonchev–Trinajstić information content (AvgIpc) is 2.79. The summed E-state index contributed by atoms with van der Waals surface area (Å²) in [5, 5.41) is 3.60. The maximum atomic E-state index is 13.1. The Morgan fingerprint density at radius 1 is 1.16 bits per heavy atom. The van der Waals surface area contributed by atoms with Gasteiger partial charge >= 0.3 is 0 Å². The largest absolute Gasteiger partial charge is 0.368 e. The van der Waals surface area contributed by atoms with Crippen LogP contribution in [0.4, 0.5) is 11.8 Å². The molecule has 2 aliphatic heterocycles. The van der Waals surface area contributed by atoms with Crippen LogP contribution in [-0.4, -0.2) is 78.5 Å². The highest BCUT2D eigenvalue weighted by atomic mass is 79.9. The van der Waals surface area contributed by atoms with Crippen molar-refractivity contribution in [1.29, 1.82) is 0 Å². The quantitative estimate of drug-likeness (QED) is 0.664. The first-order chi connectivity index (χ1) is 15.3. The summed E-state index contributed by atoms with van der Waals surface area (Å²) in [6, 6.07) is 8.02. The SMILES string of the molecule is CC(C)c1cc(N2CCNC(c3cc(C(=O)N4CCN(C)CC4)ccc3Br)C2)nc(N)n1. The molecule has 3 N–H and O–H groups in total. The van der Waals surface area contributed by atoms with E-state index in [4.69, 9.17) is 5.73 Å². The number of nitrogen functional groups attached to an aromatic ring is 1. The first-order valence-electron chi connectivity index (χ1n) is 11.2. The Morgan fingerprint density at radius 3 is 2.62 bits per heavy atom. The molecule has 9 heteroatoms. The van der Waals surface area contributed by atoms with Crippen molar-refractivity contribution in [2.75, 3.05) is 63.5 Å². The normalized spacial score (nSPS) is 20.1. The van der Waals surface area contributed by atoms with Gasteiger partial charge in [0, 0.05) is 61.9 Å². The number of carbonyl (C=O) groups is 1. The molecule has 2 fully saturated rings. The minimum Gasteiger partial charge on any atom is -0.368 e. The van der Waals surface area contributed by atoms with Crippen LogP contribution in [0.15, 0.2) is 28.7 Å². The van der Waals surface area contributed by atoms with E-state index < -0.39 is 0 Å². The number of hydrogen-bond donors (Lipinski definition) is 2. The topological polar surface area (TPSA) is 90.6 Å². The number of benzene rings is 1. The van der Waals surface area contributed by atoms with E-state index in [1.54, 1.807) is 0 Å². The van der Waals surface area contributed by atoms with Crippen LogP contribution >= 0.6 is 15.9 Å². The molecule has 1 atom stereocenters. The molecule has 0 saturated carbocycles. The minimum atomic E-state index is 0.0667. The lowest BCUT2D eigenvalue weighted by molar-refractivity contribution is 0.0664. The summed E-state index contributed by atoms with van der Waals surface area (Å²) in [5.41, 5.74) is 8.76. The number of nitrogens with zero attached hydrogens (tertiary/aromatic N) is 5. The molecule has 4 rings (SSSR count). The maximum absolute atomic E-state index is 13.1. The van der Waals surface area contributed by atoms with Crippen LogP contribution in [0.5, 0.6) is 0 Å². The molecule has 2 aromatic rings. The van der Waals surface area contributed by atoms with E-state index >= 15 is 0 Å². The molecule has 1 aromatic carbocycles. The fourth-order valence-electron chi connectivity index (χ4n) is 4.23. The van der Waals surface area contributed by atoms with Gasteiger partial charge in [-0.3, -0.25) is 4.79 Å². The van der Waals surface area contributed by atoms with Gasteiger partial charge in [-0.1, -0.05) is 29.8 Å². The summed E-state index contributed by atoms with van der Waals surface area (Å²) < 4.78 is 0.997. The summed E-state index contributed by atoms with van der Waals surface area (Å²) in [4.78, 5) is 28.4. The molecule has 1 amide bonds. The Labute approximate surface area is 198 Å². The van der Waals surface area contributed by atoms with Gasteiger partial charge in [-0.05, 0) is 36.7 Å². The lowest BCUT2D eigenvalue weighted by Gasteiger charge is -2.36. The van der Waals surface area contributed by atoms with Gasteiger partial charge in [-0.2, -0.15) is 4.98 Å². The summed E-state index contributed by atoms with van der Waals surface area (Å²) >= 11 is 3.70. The number of aromatic nitrogens is 2. The highest BCUT2D eigenvalue weighted by molar-refractivity contribution is 9.10. The molecule has 0 bridgehead atoms. The Kier molecular flexibility index (Phi) is 6.97. The molecule has 8 nitrogen and oxygen atoms in total. The van der Waals surface area contributed by atoms with Crippen molar-refractivity contribution in [3.8, 4) is 0 Å². The van der Waals surface area contributed by atoms with Crippen molar-refractivity contribution in [3.05, 3.63) is 45.6 Å². The third-order valence-electron chi connectivity index (χ3n) is 6.25.